The number of hydrogen-bond donors (Lipinski definition) is 2. The molecule has 0 spiro atoms. The van der Waals surface area contributed by atoms with E-state index in [4.69, 9.17) is 32.9 Å². The first-order valence-electron chi connectivity index (χ1n) is 14.1. The van der Waals surface area contributed by atoms with E-state index in [-0.39, 0.29) is 11.5 Å². The third-order valence-corrected chi connectivity index (χ3v) is 7.47. The Hall–Kier alpha value is -4.59. The van der Waals surface area contributed by atoms with E-state index in [2.05, 4.69) is 22.0 Å². The molecule has 5 aromatic rings. The number of carbonyl (C=O) groups excluding carboxylic acids is 1. The Labute approximate surface area is 266 Å². The maximum Gasteiger partial charge on any atom is 0.411 e. The number of nitrogens with zero attached hydrogens (tertiary/aromatic N) is 2. The van der Waals surface area contributed by atoms with Gasteiger partial charge in [-0.3, -0.25) is 5.32 Å². The third kappa shape index (κ3) is 7.86. The molecule has 5 rings (SSSR count). The number of aromatic carboxylic acids is 1. The molecule has 0 atom stereocenters. The van der Waals surface area contributed by atoms with Gasteiger partial charge in [-0.1, -0.05) is 85.6 Å². The molecule has 1 amide bonds. The van der Waals surface area contributed by atoms with Crippen molar-refractivity contribution in [2.45, 2.75) is 26.8 Å². The fourth-order valence-corrected chi connectivity index (χ4v) is 5.18. The number of amides is 1. The molecule has 0 aliphatic rings. The Morgan fingerprint density at radius 1 is 0.909 bits per heavy atom. The van der Waals surface area contributed by atoms with E-state index in [1.54, 1.807) is 24.3 Å². The molecule has 1 heterocycles. The number of carboxylic acid groups (broad SMARTS) is 1. The Morgan fingerprint density at radius 2 is 1.64 bits per heavy atom. The van der Waals surface area contributed by atoms with Gasteiger partial charge in [0.1, 0.15) is 5.82 Å². The lowest BCUT2D eigenvalue weighted by molar-refractivity contribution is 0.0696. The standard InChI is InChI=1S/C35H31Cl2N3O4/c1-22(2)21-44-35(43)38-29-5-3-4-27(17-29)25-10-6-23(7-11-25)16-33-39-32(30-15-14-28(36)18-31(30)37)20-40(33)19-24-8-12-26(13-9-24)34(41)42/h3-15,17-18,20,22H,16,19,21H2,1-2H3,(H,38,43)(H,41,42). The largest absolute Gasteiger partial charge is 0.478 e. The van der Waals surface area contributed by atoms with Crippen molar-refractivity contribution in [2.24, 2.45) is 5.92 Å². The third-order valence-electron chi connectivity index (χ3n) is 6.93. The van der Waals surface area contributed by atoms with Crippen LogP contribution in [0, 0.1) is 5.92 Å². The predicted molar refractivity (Wildman–Crippen MR) is 175 cm³/mol. The van der Waals surface area contributed by atoms with Gasteiger partial charge in [0.2, 0.25) is 0 Å². The highest BCUT2D eigenvalue weighted by Gasteiger charge is 2.15. The number of nitrogens with one attached hydrogen (secondary N) is 1. The fraction of sp³-hybridized carbons (Fsp3) is 0.171. The lowest BCUT2D eigenvalue weighted by atomic mass is 10.0. The van der Waals surface area contributed by atoms with Gasteiger partial charge in [0.25, 0.3) is 0 Å². The average molecular weight is 629 g/mol. The smallest absolute Gasteiger partial charge is 0.411 e. The Bertz CT molecular complexity index is 1780. The SMILES string of the molecule is CC(C)COC(=O)Nc1cccc(-c2ccc(Cc3nc(-c4ccc(Cl)cc4Cl)cn3Cc3ccc(C(=O)O)cc3)cc2)c1. The normalized spacial score (nSPS) is 11.0. The zero-order valence-electron chi connectivity index (χ0n) is 24.3. The number of imidazole rings is 1. The Balaban J connectivity index is 1.37. The Kier molecular flexibility index (Phi) is 9.68. The minimum absolute atomic E-state index is 0.237. The molecule has 2 N–H and O–H groups in total. The molecule has 9 heteroatoms. The molecule has 0 aliphatic heterocycles. The van der Waals surface area contributed by atoms with Crippen molar-refractivity contribution in [3.05, 3.63) is 130 Å². The topological polar surface area (TPSA) is 93.5 Å². The van der Waals surface area contributed by atoms with Crippen LogP contribution in [0.4, 0.5) is 10.5 Å². The number of halogens is 2. The molecule has 0 fully saturated rings. The first-order chi connectivity index (χ1) is 21.1. The summed E-state index contributed by atoms with van der Waals surface area (Å²) >= 11 is 12.6. The molecule has 0 saturated carbocycles. The maximum atomic E-state index is 12.1. The minimum Gasteiger partial charge on any atom is -0.478 e. The second kappa shape index (κ2) is 13.8. The van der Waals surface area contributed by atoms with Gasteiger partial charge < -0.3 is 14.4 Å². The fourth-order valence-electron chi connectivity index (χ4n) is 4.68. The number of anilines is 1. The zero-order chi connectivity index (χ0) is 31.2. The van der Waals surface area contributed by atoms with Gasteiger partial charge in [-0.05, 0) is 70.6 Å². The zero-order valence-corrected chi connectivity index (χ0v) is 25.8. The van der Waals surface area contributed by atoms with Crippen molar-refractivity contribution in [3.63, 3.8) is 0 Å². The van der Waals surface area contributed by atoms with E-state index in [9.17, 15) is 14.7 Å². The highest BCUT2D eigenvalue weighted by atomic mass is 35.5. The van der Waals surface area contributed by atoms with E-state index in [1.807, 2.05) is 74.6 Å². The lowest BCUT2D eigenvalue weighted by Gasteiger charge is -2.11. The van der Waals surface area contributed by atoms with Crippen molar-refractivity contribution in [2.75, 3.05) is 11.9 Å². The first-order valence-corrected chi connectivity index (χ1v) is 14.9. The number of benzene rings is 4. The second-order valence-corrected chi connectivity index (χ2v) is 11.7. The van der Waals surface area contributed by atoms with Crippen molar-refractivity contribution in [3.8, 4) is 22.4 Å². The van der Waals surface area contributed by atoms with E-state index >= 15 is 0 Å². The molecule has 0 aliphatic carbocycles. The molecule has 7 nitrogen and oxygen atoms in total. The van der Waals surface area contributed by atoms with Crippen molar-refractivity contribution in [1.29, 1.82) is 0 Å². The van der Waals surface area contributed by atoms with Crippen LogP contribution < -0.4 is 5.32 Å². The summed E-state index contributed by atoms with van der Waals surface area (Å²) in [5.41, 5.74) is 6.35. The molecule has 0 saturated heterocycles. The van der Waals surface area contributed by atoms with E-state index in [0.717, 1.165) is 39.3 Å². The highest BCUT2D eigenvalue weighted by Crippen LogP contribution is 2.31. The lowest BCUT2D eigenvalue weighted by Crippen LogP contribution is -2.16. The molecular weight excluding hydrogens is 597 g/mol. The van der Waals surface area contributed by atoms with Gasteiger partial charge in [-0.15, -0.1) is 0 Å². The van der Waals surface area contributed by atoms with Gasteiger partial charge in [0, 0.05) is 35.4 Å². The summed E-state index contributed by atoms with van der Waals surface area (Å²) in [4.78, 5) is 28.4. The Morgan fingerprint density at radius 3 is 2.32 bits per heavy atom. The van der Waals surface area contributed by atoms with Crippen molar-refractivity contribution in [1.82, 2.24) is 9.55 Å². The molecule has 224 valence electrons. The number of aromatic nitrogens is 2. The quantitative estimate of drug-likeness (QED) is 0.161. The molecule has 0 bridgehead atoms. The van der Waals surface area contributed by atoms with Crippen LogP contribution in [-0.2, 0) is 17.7 Å². The number of ether oxygens (including phenoxy) is 1. The number of rotatable bonds is 10. The van der Waals surface area contributed by atoms with Crippen LogP contribution in [0.2, 0.25) is 10.0 Å². The average Bonchev–Trinajstić information content (AvgIpc) is 3.38. The summed E-state index contributed by atoms with van der Waals surface area (Å²) in [6, 6.07) is 28.0. The molecule has 0 radical (unpaired) electrons. The summed E-state index contributed by atoms with van der Waals surface area (Å²) < 4.78 is 7.29. The highest BCUT2D eigenvalue weighted by molar-refractivity contribution is 6.36. The van der Waals surface area contributed by atoms with Crippen LogP contribution in [0.1, 0.15) is 41.2 Å². The van der Waals surface area contributed by atoms with Crippen LogP contribution in [-0.4, -0.2) is 33.3 Å². The van der Waals surface area contributed by atoms with Gasteiger partial charge >= 0.3 is 12.1 Å². The van der Waals surface area contributed by atoms with E-state index in [0.29, 0.717) is 35.3 Å². The second-order valence-electron chi connectivity index (χ2n) is 10.9. The van der Waals surface area contributed by atoms with Gasteiger partial charge in [-0.2, -0.15) is 0 Å². The van der Waals surface area contributed by atoms with Gasteiger partial charge in [0.05, 0.1) is 22.9 Å². The number of carbonyl (C=O) groups is 2. The summed E-state index contributed by atoms with van der Waals surface area (Å²) in [7, 11) is 0. The van der Waals surface area contributed by atoms with Crippen molar-refractivity contribution < 1.29 is 19.4 Å². The maximum absolute atomic E-state index is 12.1. The first kappa shape index (κ1) is 30.9. The molecule has 44 heavy (non-hydrogen) atoms. The van der Waals surface area contributed by atoms with Crippen molar-refractivity contribution >= 4 is 41.0 Å². The molecular formula is C35H31Cl2N3O4. The number of carboxylic acids is 1. The molecule has 1 aromatic heterocycles. The van der Waals surface area contributed by atoms with Crippen LogP contribution >= 0.6 is 23.2 Å². The predicted octanol–water partition coefficient (Wildman–Crippen LogP) is 9.07. The van der Waals surface area contributed by atoms with Gasteiger partial charge in [0.15, 0.2) is 0 Å². The molecule has 0 unspecified atom stereocenters. The summed E-state index contributed by atoms with van der Waals surface area (Å²) in [5.74, 6) is 0.123. The molecule has 4 aromatic carbocycles. The van der Waals surface area contributed by atoms with E-state index < -0.39 is 12.1 Å². The van der Waals surface area contributed by atoms with Crippen LogP contribution in [0.25, 0.3) is 22.4 Å². The van der Waals surface area contributed by atoms with Crippen LogP contribution in [0.5, 0.6) is 0 Å². The van der Waals surface area contributed by atoms with E-state index in [1.165, 1.54) is 0 Å². The van der Waals surface area contributed by atoms with Gasteiger partial charge in [-0.25, -0.2) is 14.6 Å². The summed E-state index contributed by atoms with van der Waals surface area (Å²) in [6.07, 6.45) is 2.04. The van der Waals surface area contributed by atoms with Crippen LogP contribution in [0.15, 0.2) is 97.2 Å². The minimum atomic E-state index is -0.963. The van der Waals surface area contributed by atoms with Crippen LogP contribution in [0.3, 0.4) is 0 Å². The number of hydrogen-bond acceptors (Lipinski definition) is 4. The summed E-state index contributed by atoms with van der Waals surface area (Å²) in [5, 5.41) is 13.1. The monoisotopic (exact) mass is 627 g/mol. The summed E-state index contributed by atoms with van der Waals surface area (Å²) in [6.45, 7) is 4.84.